The molecule has 0 aliphatic carbocycles. The van der Waals surface area contributed by atoms with Crippen molar-refractivity contribution in [1.29, 1.82) is 0 Å². The highest BCUT2D eigenvalue weighted by molar-refractivity contribution is 5.98. The molecule has 1 unspecified atom stereocenters. The zero-order chi connectivity index (χ0) is 11.4. The first-order chi connectivity index (χ1) is 7.00. The zero-order valence-electron chi connectivity index (χ0n) is 9.23. The Hall–Kier alpha value is -1.42. The lowest BCUT2D eigenvalue weighted by Crippen LogP contribution is -2.27. The number of aromatic nitrogens is 1. The molecule has 4 nitrogen and oxygen atoms in total. The quantitative estimate of drug-likeness (QED) is 0.759. The molecule has 1 aromatic heterocycles. The number of nitrogens with two attached hydrogens (primary N) is 1. The van der Waals surface area contributed by atoms with Gasteiger partial charge in [0.2, 0.25) is 0 Å². The molecule has 0 amide bonds. The maximum atomic E-state index is 11.5. The van der Waals surface area contributed by atoms with Crippen LogP contribution in [0.2, 0.25) is 0 Å². The van der Waals surface area contributed by atoms with E-state index in [9.17, 15) is 4.79 Å². The Morgan fingerprint density at radius 1 is 1.47 bits per heavy atom. The fourth-order valence-electron chi connectivity index (χ4n) is 1.12. The Balaban J connectivity index is 2.87. The van der Waals surface area contributed by atoms with Gasteiger partial charge < -0.3 is 10.5 Å². The van der Waals surface area contributed by atoms with Crippen LogP contribution >= 0.6 is 0 Å². The van der Waals surface area contributed by atoms with Gasteiger partial charge in [-0.15, -0.1) is 0 Å². The van der Waals surface area contributed by atoms with Crippen LogP contribution in [0.4, 0.5) is 0 Å². The fraction of sp³-hybridized carbons (Fsp3) is 0.455. The molecule has 82 valence electrons. The summed E-state index contributed by atoms with van der Waals surface area (Å²) in [4.78, 5) is 15.5. The van der Waals surface area contributed by atoms with E-state index in [2.05, 4.69) is 4.98 Å². The van der Waals surface area contributed by atoms with Crippen LogP contribution in [0.3, 0.4) is 0 Å². The molecule has 1 atom stereocenters. The molecule has 2 N–H and O–H groups in total. The second-order valence-corrected chi connectivity index (χ2v) is 3.70. The molecule has 0 spiro atoms. The summed E-state index contributed by atoms with van der Waals surface area (Å²) >= 11 is 0. The van der Waals surface area contributed by atoms with E-state index in [0.29, 0.717) is 11.4 Å². The van der Waals surface area contributed by atoms with Crippen LogP contribution in [0.15, 0.2) is 18.3 Å². The van der Waals surface area contributed by atoms with Crippen LogP contribution < -0.4 is 10.5 Å². The first kappa shape index (κ1) is 11.7. The van der Waals surface area contributed by atoms with E-state index in [1.165, 1.54) is 0 Å². The largest absolute Gasteiger partial charge is 0.491 e. The van der Waals surface area contributed by atoms with Crippen LogP contribution in [-0.2, 0) is 0 Å². The van der Waals surface area contributed by atoms with Gasteiger partial charge in [-0.2, -0.15) is 0 Å². The molecule has 0 aromatic carbocycles. The highest BCUT2D eigenvalue weighted by atomic mass is 16.5. The van der Waals surface area contributed by atoms with Gasteiger partial charge in [0.15, 0.2) is 5.78 Å². The molecule has 0 radical (unpaired) electrons. The maximum Gasteiger partial charge on any atom is 0.197 e. The standard InChI is InChI=1S/C11H16N2O2/c1-7(2)15-9-4-5-13-10(6-9)11(14)8(3)12/h4-8H,12H2,1-3H3. The van der Waals surface area contributed by atoms with Crippen molar-refractivity contribution < 1.29 is 9.53 Å². The maximum absolute atomic E-state index is 11.5. The van der Waals surface area contributed by atoms with Gasteiger partial charge in [-0.05, 0) is 26.8 Å². The average Bonchev–Trinajstić information content (AvgIpc) is 2.16. The van der Waals surface area contributed by atoms with Gasteiger partial charge in [-0.1, -0.05) is 0 Å². The van der Waals surface area contributed by atoms with E-state index < -0.39 is 6.04 Å². The van der Waals surface area contributed by atoms with E-state index in [0.717, 1.165) is 0 Å². The number of Topliss-reactive ketones (excluding diaryl/α,β-unsaturated/α-hetero) is 1. The molecule has 1 heterocycles. The third kappa shape index (κ3) is 3.32. The highest BCUT2D eigenvalue weighted by Crippen LogP contribution is 2.13. The van der Waals surface area contributed by atoms with Crippen molar-refractivity contribution >= 4 is 5.78 Å². The number of carbonyl (C=O) groups excluding carboxylic acids is 1. The van der Waals surface area contributed by atoms with Gasteiger partial charge in [-0.25, -0.2) is 0 Å². The Morgan fingerprint density at radius 2 is 2.13 bits per heavy atom. The number of ether oxygens (including phenoxy) is 1. The summed E-state index contributed by atoms with van der Waals surface area (Å²) in [6, 6.07) is 2.80. The smallest absolute Gasteiger partial charge is 0.197 e. The minimum absolute atomic E-state index is 0.0747. The number of rotatable bonds is 4. The van der Waals surface area contributed by atoms with Crippen molar-refractivity contribution in [3.05, 3.63) is 24.0 Å². The van der Waals surface area contributed by atoms with Crippen LogP contribution in [-0.4, -0.2) is 22.9 Å². The van der Waals surface area contributed by atoms with Gasteiger partial charge in [0.25, 0.3) is 0 Å². The molecule has 0 saturated carbocycles. The summed E-state index contributed by atoms with van der Waals surface area (Å²) in [6.07, 6.45) is 1.62. The molecule has 0 bridgehead atoms. The van der Waals surface area contributed by atoms with Crippen LogP contribution in [0.1, 0.15) is 31.3 Å². The number of carbonyl (C=O) groups is 1. The molecule has 0 aliphatic rings. The number of nitrogens with zero attached hydrogens (tertiary/aromatic N) is 1. The summed E-state index contributed by atoms with van der Waals surface area (Å²) in [5, 5.41) is 0. The van der Waals surface area contributed by atoms with E-state index in [4.69, 9.17) is 10.5 Å². The SMILES string of the molecule is CC(C)Oc1ccnc(C(=O)C(C)N)c1. The Morgan fingerprint density at radius 3 is 2.67 bits per heavy atom. The summed E-state index contributed by atoms with van der Waals surface area (Å²) in [5.41, 5.74) is 5.84. The Kier molecular flexibility index (Phi) is 3.80. The van der Waals surface area contributed by atoms with Gasteiger partial charge in [0.1, 0.15) is 11.4 Å². The van der Waals surface area contributed by atoms with Gasteiger partial charge in [0.05, 0.1) is 12.1 Å². The summed E-state index contributed by atoms with van der Waals surface area (Å²) in [7, 11) is 0. The monoisotopic (exact) mass is 208 g/mol. The first-order valence-electron chi connectivity index (χ1n) is 4.93. The lowest BCUT2D eigenvalue weighted by Gasteiger charge is -2.10. The Bertz CT molecular complexity index is 348. The number of pyridine rings is 1. The Labute approximate surface area is 89.5 Å². The second-order valence-electron chi connectivity index (χ2n) is 3.70. The molecular formula is C11H16N2O2. The predicted molar refractivity (Wildman–Crippen MR) is 58.0 cm³/mol. The van der Waals surface area contributed by atoms with Crippen molar-refractivity contribution in [1.82, 2.24) is 4.98 Å². The summed E-state index contributed by atoms with van der Waals surface area (Å²) < 4.78 is 5.45. The van der Waals surface area contributed by atoms with Crippen molar-refractivity contribution in [2.24, 2.45) is 5.73 Å². The van der Waals surface area contributed by atoms with Gasteiger partial charge in [-0.3, -0.25) is 9.78 Å². The van der Waals surface area contributed by atoms with E-state index in [1.807, 2.05) is 13.8 Å². The van der Waals surface area contributed by atoms with Crippen molar-refractivity contribution in [3.8, 4) is 5.75 Å². The number of hydrogen-bond donors (Lipinski definition) is 1. The highest BCUT2D eigenvalue weighted by Gasteiger charge is 2.13. The molecule has 1 rings (SSSR count). The minimum Gasteiger partial charge on any atom is -0.491 e. The molecule has 15 heavy (non-hydrogen) atoms. The third-order valence-electron chi connectivity index (χ3n) is 1.77. The van der Waals surface area contributed by atoms with Crippen LogP contribution in [0.25, 0.3) is 0 Å². The van der Waals surface area contributed by atoms with Crippen molar-refractivity contribution in [2.45, 2.75) is 32.9 Å². The molecule has 0 fully saturated rings. The fourth-order valence-corrected chi connectivity index (χ4v) is 1.12. The number of hydrogen-bond acceptors (Lipinski definition) is 4. The van der Waals surface area contributed by atoms with Crippen molar-refractivity contribution in [3.63, 3.8) is 0 Å². The number of ketones is 1. The molecule has 4 heteroatoms. The lowest BCUT2D eigenvalue weighted by atomic mass is 10.1. The third-order valence-corrected chi connectivity index (χ3v) is 1.77. The topological polar surface area (TPSA) is 65.2 Å². The van der Waals surface area contributed by atoms with E-state index in [-0.39, 0.29) is 11.9 Å². The van der Waals surface area contributed by atoms with Crippen molar-refractivity contribution in [2.75, 3.05) is 0 Å². The van der Waals surface area contributed by atoms with E-state index in [1.54, 1.807) is 25.3 Å². The molecular weight excluding hydrogens is 192 g/mol. The van der Waals surface area contributed by atoms with Gasteiger partial charge in [0, 0.05) is 12.3 Å². The normalized spacial score (nSPS) is 12.6. The van der Waals surface area contributed by atoms with Gasteiger partial charge >= 0.3 is 0 Å². The zero-order valence-corrected chi connectivity index (χ0v) is 9.23. The molecule has 0 saturated heterocycles. The minimum atomic E-state index is -0.535. The predicted octanol–water partition coefficient (Wildman–Crippen LogP) is 1.40. The summed E-state index contributed by atoms with van der Waals surface area (Å²) in [5.74, 6) is 0.466. The van der Waals surface area contributed by atoms with E-state index >= 15 is 0 Å². The first-order valence-corrected chi connectivity index (χ1v) is 4.93. The van der Waals surface area contributed by atoms with Crippen LogP contribution in [0.5, 0.6) is 5.75 Å². The van der Waals surface area contributed by atoms with Crippen LogP contribution in [0, 0.1) is 0 Å². The second kappa shape index (κ2) is 4.89. The molecule has 1 aromatic rings. The summed E-state index contributed by atoms with van der Waals surface area (Å²) in [6.45, 7) is 5.49. The molecule has 0 aliphatic heterocycles. The lowest BCUT2D eigenvalue weighted by molar-refractivity contribution is 0.0962. The average molecular weight is 208 g/mol.